The van der Waals surface area contributed by atoms with Gasteiger partial charge in [0.15, 0.2) is 0 Å². The van der Waals surface area contributed by atoms with E-state index in [1.165, 1.54) is 9.77 Å². The first-order chi connectivity index (χ1) is 7.79. The van der Waals surface area contributed by atoms with E-state index in [1.54, 1.807) is 23.1 Å². The smallest absolute Gasteiger partial charge is 0.0604 e. The highest BCUT2D eigenvalue weighted by molar-refractivity contribution is 8.01. The number of nitrogens with two attached hydrogens (primary N) is 1. The lowest BCUT2D eigenvalue weighted by atomic mass is 10.1. The van der Waals surface area contributed by atoms with E-state index in [-0.39, 0.29) is 5.25 Å². The molecule has 0 amide bonds. The Bertz CT molecular complexity index is 442. The van der Waals surface area contributed by atoms with Crippen molar-refractivity contribution in [2.24, 2.45) is 5.73 Å². The number of hydrogen-bond acceptors (Lipinski definition) is 3. The van der Waals surface area contributed by atoms with Gasteiger partial charge >= 0.3 is 0 Å². The largest absolute Gasteiger partial charge is 0.329 e. The molecule has 0 radical (unpaired) electrons. The summed E-state index contributed by atoms with van der Waals surface area (Å²) in [5, 5.41) is 3.12. The van der Waals surface area contributed by atoms with Gasteiger partial charge in [0.2, 0.25) is 0 Å². The highest BCUT2D eigenvalue weighted by atomic mass is 35.5. The summed E-state index contributed by atoms with van der Waals surface area (Å²) in [6.07, 6.45) is 0. The fourth-order valence-electron chi connectivity index (χ4n) is 1.43. The third kappa shape index (κ3) is 3.01. The molecule has 2 rings (SSSR count). The second-order valence-electron chi connectivity index (χ2n) is 3.33. The predicted molar refractivity (Wildman–Crippen MR) is 73.4 cm³/mol. The van der Waals surface area contributed by atoms with Gasteiger partial charge in [-0.3, -0.25) is 0 Å². The van der Waals surface area contributed by atoms with E-state index >= 15 is 0 Å². The van der Waals surface area contributed by atoms with Crippen LogP contribution in [-0.4, -0.2) is 6.54 Å². The highest BCUT2D eigenvalue weighted by Gasteiger charge is 2.12. The number of thiophene rings is 1. The minimum atomic E-state index is 0.275. The lowest BCUT2D eigenvalue weighted by molar-refractivity contribution is 0.943. The lowest BCUT2D eigenvalue weighted by Gasteiger charge is -2.13. The molecule has 1 unspecified atom stereocenters. The molecule has 0 bridgehead atoms. The third-order valence-corrected chi connectivity index (χ3v) is 4.78. The standard InChI is InChI=1S/C12H12ClNS2/c13-10-4-1-3-9(7-10)11(8-14)16-12-5-2-6-15-12/h1-7,11H,8,14H2. The van der Waals surface area contributed by atoms with Gasteiger partial charge < -0.3 is 5.73 Å². The summed E-state index contributed by atoms with van der Waals surface area (Å²) in [4.78, 5) is 0. The van der Waals surface area contributed by atoms with Gasteiger partial charge in [-0.15, -0.1) is 23.1 Å². The first-order valence-electron chi connectivity index (χ1n) is 4.95. The van der Waals surface area contributed by atoms with Crippen LogP contribution in [0, 0.1) is 0 Å². The topological polar surface area (TPSA) is 26.0 Å². The van der Waals surface area contributed by atoms with Gasteiger partial charge in [-0.25, -0.2) is 0 Å². The summed E-state index contributed by atoms with van der Waals surface area (Å²) in [6, 6.07) is 12.1. The number of hydrogen-bond donors (Lipinski definition) is 1. The van der Waals surface area contributed by atoms with Gasteiger partial charge in [0.05, 0.1) is 4.21 Å². The molecule has 0 aliphatic carbocycles. The van der Waals surface area contributed by atoms with Gasteiger partial charge in [-0.1, -0.05) is 29.8 Å². The second kappa shape index (κ2) is 5.73. The molecule has 0 saturated heterocycles. The Morgan fingerprint density at radius 1 is 1.31 bits per heavy atom. The Balaban J connectivity index is 2.16. The maximum absolute atomic E-state index is 5.98. The molecule has 2 N–H and O–H groups in total. The van der Waals surface area contributed by atoms with Crippen molar-refractivity contribution in [1.82, 2.24) is 0 Å². The van der Waals surface area contributed by atoms with Gasteiger partial charge in [0.1, 0.15) is 0 Å². The Morgan fingerprint density at radius 3 is 2.81 bits per heavy atom. The van der Waals surface area contributed by atoms with E-state index in [1.807, 2.05) is 18.2 Å². The summed E-state index contributed by atoms with van der Waals surface area (Å²) < 4.78 is 1.29. The molecule has 1 aromatic heterocycles. The number of benzene rings is 1. The van der Waals surface area contributed by atoms with Crippen LogP contribution < -0.4 is 5.73 Å². The average Bonchev–Trinajstić information content (AvgIpc) is 2.78. The molecule has 0 fully saturated rings. The highest BCUT2D eigenvalue weighted by Crippen LogP contribution is 2.37. The molecular weight excluding hydrogens is 258 g/mol. The first-order valence-corrected chi connectivity index (χ1v) is 7.09. The number of rotatable bonds is 4. The summed E-state index contributed by atoms with van der Waals surface area (Å²) in [7, 11) is 0. The van der Waals surface area contributed by atoms with E-state index in [4.69, 9.17) is 17.3 Å². The monoisotopic (exact) mass is 269 g/mol. The van der Waals surface area contributed by atoms with Crippen molar-refractivity contribution in [2.45, 2.75) is 9.46 Å². The lowest BCUT2D eigenvalue weighted by Crippen LogP contribution is -2.08. The van der Waals surface area contributed by atoms with Crippen LogP contribution in [0.1, 0.15) is 10.8 Å². The number of halogens is 1. The maximum Gasteiger partial charge on any atom is 0.0604 e. The quantitative estimate of drug-likeness (QED) is 0.842. The van der Waals surface area contributed by atoms with Crippen molar-refractivity contribution in [1.29, 1.82) is 0 Å². The van der Waals surface area contributed by atoms with Crippen molar-refractivity contribution in [3.63, 3.8) is 0 Å². The van der Waals surface area contributed by atoms with Crippen molar-refractivity contribution in [3.05, 3.63) is 52.4 Å². The van der Waals surface area contributed by atoms with Crippen molar-refractivity contribution in [3.8, 4) is 0 Å². The fraction of sp³-hybridized carbons (Fsp3) is 0.167. The Labute approximate surface area is 109 Å². The maximum atomic E-state index is 5.98. The Hall–Kier alpha value is -0.480. The van der Waals surface area contributed by atoms with Crippen LogP contribution in [0.25, 0.3) is 0 Å². The van der Waals surface area contributed by atoms with Gasteiger partial charge in [-0.2, -0.15) is 0 Å². The van der Waals surface area contributed by atoms with Crippen molar-refractivity contribution in [2.75, 3.05) is 6.54 Å². The fourth-order valence-corrected chi connectivity index (χ4v) is 3.63. The van der Waals surface area contributed by atoms with E-state index in [9.17, 15) is 0 Å². The van der Waals surface area contributed by atoms with Crippen LogP contribution in [-0.2, 0) is 0 Å². The van der Waals surface area contributed by atoms with Crippen LogP contribution in [0.5, 0.6) is 0 Å². The molecule has 16 heavy (non-hydrogen) atoms. The molecule has 0 spiro atoms. The normalized spacial score (nSPS) is 12.6. The molecule has 0 aliphatic rings. The molecule has 1 heterocycles. The zero-order chi connectivity index (χ0) is 11.4. The summed E-state index contributed by atoms with van der Waals surface area (Å²) in [6.45, 7) is 0.614. The van der Waals surface area contributed by atoms with Crippen molar-refractivity contribution < 1.29 is 0 Å². The zero-order valence-corrected chi connectivity index (χ0v) is 11.0. The molecule has 4 heteroatoms. The van der Waals surface area contributed by atoms with E-state index < -0.39 is 0 Å². The van der Waals surface area contributed by atoms with Gasteiger partial charge in [0.25, 0.3) is 0 Å². The van der Waals surface area contributed by atoms with Crippen molar-refractivity contribution >= 4 is 34.7 Å². The molecule has 2 aromatic rings. The summed E-state index contributed by atoms with van der Waals surface area (Å²) in [5.41, 5.74) is 7.00. The van der Waals surface area contributed by atoms with Crippen LogP contribution >= 0.6 is 34.7 Å². The van der Waals surface area contributed by atoms with Crippen LogP contribution in [0.4, 0.5) is 0 Å². The molecule has 1 nitrogen and oxygen atoms in total. The van der Waals surface area contributed by atoms with Crippen LogP contribution in [0.2, 0.25) is 5.02 Å². The SMILES string of the molecule is NCC(Sc1cccs1)c1cccc(Cl)c1. The summed E-state index contributed by atoms with van der Waals surface area (Å²) in [5.74, 6) is 0. The van der Waals surface area contributed by atoms with Gasteiger partial charge in [-0.05, 0) is 29.1 Å². The minimum Gasteiger partial charge on any atom is -0.329 e. The molecule has 0 aliphatic heterocycles. The Morgan fingerprint density at radius 2 is 2.19 bits per heavy atom. The third-order valence-electron chi connectivity index (χ3n) is 2.19. The van der Waals surface area contributed by atoms with E-state index in [0.29, 0.717) is 6.54 Å². The zero-order valence-electron chi connectivity index (χ0n) is 8.60. The molecule has 1 aromatic carbocycles. The van der Waals surface area contributed by atoms with Gasteiger partial charge in [0, 0.05) is 16.8 Å². The van der Waals surface area contributed by atoms with Crippen LogP contribution in [0.15, 0.2) is 46.0 Å². The molecular formula is C12H12ClNS2. The molecule has 84 valence electrons. The molecule has 0 saturated carbocycles. The number of thioether (sulfide) groups is 1. The second-order valence-corrected chi connectivity index (χ2v) is 6.22. The van der Waals surface area contributed by atoms with E-state index in [0.717, 1.165) is 5.02 Å². The summed E-state index contributed by atoms with van der Waals surface area (Å²) >= 11 is 9.51. The Kier molecular flexibility index (Phi) is 4.29. The average molecular weight is 270 g/mol. The van der Waals surface area contributed by atoms with Crippen LogP contribution in [0.3, 0.4) is 0 Å². The molecule has 1 atom stereocenters. The predicted octanol–water partition coefficient (Wildman–Crippen LogP) is 4.19. The minimum absolute atomic E-state index is 0.275. The first kappa shape index (κ1) is 12.0. The van der Waals surface area contributed by atoms with E-state index in [2.05, 4.69) is 23.6 Å².